The Morgan fingerprint density at radius 3 is 2.97 bits per heavy atom. The highest BCUT2D eigenvalue weighted by Gasteiger charge is 2.25. The first kappa shape index (κ1) is 21.2. The van der Waals surface area contributed by atoms with Crippen LogP contribution in [0.15, 0.2) is 36.5 Å². The van der Waals surface area contributed by atoms with Crippen LogP contribution < -0.4 is 0 Å². The van der Waals surface area contributed by atoms with E-state index in [9.17, 15) is 9.18 Å². The normalized spacial score (nSPS) is 14.3. The van der Waals surface area contributed by atoms with Gasteiger partial charge in [0.05, 0.1) is 21.8 Å². The second-order valence-corrected chi connectivity index (χ2v) is 9.75. The van der Waals surface area contributed by atoms with E-state index < -0.39 is 0 Å². The van der Waals surface area contributed by atoms with Gasteiger partial charge in [-0.3, -0.25) is 9.48 Å². The van der Waals surface area contributed by atoms with Crippen molar-refractivity contribution < 1.29 is 9.18 Å². The molecule has 0 spiro atoms. The number of thiophene rings is 1. The molecule has 3 aromatic rings. The van der Waals surface area contributed by atoms with Crippen LogP contribution in [0.3, 0.4) is 0 Å². The smallest absolute Gasteiger partial charge is 0.173 e. The van der Waals surface area contributed by atoms with Gasteiger partial charge >= 0.3 is 0 Å². The fourth-order valence-corrected chi connectivity index (χ4v) is 5.61. The summed E-state index contributed by atoms with van der Waals surface area (Å²) in [7, 11) is 4.00. The Hall–Kier alpha value is -2.02. The molecule has 0 aliphatic carbocycles. The zero-order valence-electron chi connectivity index (χ0n) is 17.2. The van der Waals surface area contributed by atoms with Crippen LogP contribution in [-0.2, 0) is 19.4 Å². The van der Waals surface area contributed by atoms with Gasteiger partial charge in [0.1, 0.15) is 5.82 Å². The summed E-state index contributed by atoms with van der Waals surface area (Å²) in [4.78, 5) is 17.3. The number of Topliss-reactive ketones (excluding diaryl/α,β-unsaturated/α-hetero) is 1. The van der Waals surface area contributed by atoms with E-state index in [1.807, 2.05) is 30.9 Å². The summed E-state index contributed by atoms with van der Waals surface area (Å²) < 4.78 is 15.5. The van der Waals surface area contributed by atoms with Gasteiger partial charge in [-0.05, 0) is 63.0 Å². The molecule has 7 heteroatoms. The summed E-state index contributed by atoms with van der Waals surface area (Å²) >= 11 is 7.97. The van der Waals surface area contributed by atoms with Crippen molar-refractivity contribution in [3.63, 3.8) is 0 Å². The van der Waals surface area contributed by atoms with Crippen LogP contribution in [0, 0.1) is 11.7 Å². The van der Waals surface area contributed by atoms with Gasteiger partial charge in [0.15, 0.2) is 5.78 Å². The van der Waals surface area contributed by atoms with E-state index in [0.717, 1.165) is 47.6 Å². The topological polar surface area (TPSA) is 38.1 Å². The van der Waals surface area contributed by atoms with Crippen molar-refractivity contribution in [1.82, 2.24) is 14.7 Å². The SMILES string of the molecule is CN(C)C[C@@H](CC(=O)c1cc2c(s1)CCCn1ncc(Cl)c1-2)Cc1cccc(F)c1. The molecule has 0 unspecified atom stereocenters. The number of aryl methyl sites for hydroxylation is 2. The lowest BCUT2D eigenvalue weighted by Crippen LogP contribution is -2.25. The van der Waals surface area contributed by atoms with Crippen LogP contribution >= 0.6 is 22.9 Å². The van der Waals surface area contributed by atoms with Gasteiger partial charge in [0.2, 0.25) is 0 Å². The molecule has 3 heterocycles. The molecule has 158 valence electrons. The second kappa shape index (κ2) is 9.00. The van der Waals surface area contributed by atoms with Crippen LogP contribution in [0.25, 0.3) is 11.3 Å². The summed E-state index contributed by atoms with van der Waals surface area (Å²) in [5.74, 6) is 0.0155. The predicted octanol–water partition coefficient (Wildman–Crippen LogP) is 5.34. The number of hydrogen-bond donors (Lipinski definition) is 0. The lowest BCUT2D eigenvalue weighted by Gasteiger charge is -2.20. The molecule has 1 aliphatic rings. The summed E-state index contributed by atoms with van der Waals surface area (Å²) in [5, 5.41) is 5.00. The molecule has 0 saturated carbocycles. The Labute approximate surface area is 185 Å². The van der Waals surface area contributed by atoms with E-state index in [0.29, 0.717) is 17.9 Å². The number of nitrogens with zero attached hydrogens (tertiary/aromatic N) is 3. The second-order valence-electron chi connectivity index (χ2n) is 8.20. The molecule has 0 amide bonds. The number of benzene rings is 1. The average molecular weight is 446 g/mol. The maximum Gasteiger partial charge on any atom is 0.173 e. The Bertz CT molecular complexity index is 1060. The van der Waals surface area contributed by atoms with Crippen molar-refractivity contribution in [3.05, 3.63) is 62.7 Å². The molecule has 0 N–H and O–H groups in total. The quantitative estimate of drug-likeness (QED) is 0.460. The largest absolute Gasteiger partial charge is 0.309 e. The Kier molecular flexibility index (Phi) is 6.37. The molecule has 0 radical (unpaired) electrons. The highest BCUT2D eigenvalue weighted by Crippen LogP contribution is 2.39. The molecular weight excluding hydrogens is 421 g/mol. The number of fused-ring (bicyclic) bond motifs is 3. The van der Waals surface area contributed by atoms with Gasteiger partial charge in [-0.1, -0.05) is 23.7 Å². The minimum Gasteiger partial charge on any atom is -0.309 e. The van der Waals surface area contributed by atoms with Gasteiger partial charge in [0.25, 0.3) is 0 Å². The highest BCUT2D eigenvalue weighted by molar-refractivity contribution is 7.14. The first-order valence-corrected chi connectivity index (χ1v) is 11.4. The molecule has 1 aliphatic heterocycles. The Morgan fingerprint density at radius 2 is 2.20 bits per heavy atom. The van der Waals surface area contributed by atoms with Crippen molar-refractivity contribution >= 4 is 28.7 Å². The lowest BCUT2D eigenvalue weighted by molar-refractivity contribution is 0.0957. The van der Waals surface area contributed by atoms with Crippen molar-refractivity contribution in [1.29, 1.82) is 0 Å². The molecule has 4 nitrogen and oxygen atoms in total. The minimum atomic E-state index is -0.238. The maximum atomic E-state index is 13.6. The number of rotatable bonds is 7. The third kappa shape index (κ3) is 4.66. The van der Waals surface area contributed by atoms with Gasteiger partial charge < -0.3 is 4.90 Å². The molecule has 1 aromatic carbocycles. The van der Waals surface area contributed by atoms with Crippen LogP contribution in [0.5, 0.6) is 0 Å². The van der Waals surface area contributed by atoms with Crippen molar-refractivity contribution in [2.24, 2.45) is 5.92 Å². The third-order valence-electron chi connectivity index (χ3n) is 5.42. The number of halogens is 2. The Morgan fingerprint density at radius 1 is 1.37 bits per heavy atom. The van der Waals surface area contributed by atoms with Gasteiger partial charge in [-0.2, -0.15) is 5.10 Å². The van der Waals surface area contributed by atoms with E-state index in [2.05, 4.69) is 10.00 Å². The predicted molar refractivity (Wildman–Crippen MR) is 120 cm³/mol. The molecule has 4 rings (SSSR count). The van der Waals surface area contributed by atoms with Crippen molar-refractivity contribution in [3.8, 4) is 11.3 Å². The van der Waals surface area contributed by atoms with Crippen LogP contribution in [0.4, 0.5) is 4.39 Å². The summed E-state index contributed by atoms with van der Waals surface area (Å²) in [5.41, 5.74) is 2.88. The molecular formula is C23H25ClFN3OS. The van der Waals surface area contributed by atoms with Gasteiger partial charge in [-0.25, -0.2) is 4.39 Å². The monoisotopic (exact) mass is 445 g/mol. The van der Waals surface area contributed by atoms with Crippen LogP contribution in [-0.4, -0.2) is 41.1 Å². The molecule has 30 heavy (non-hydrogen) atoms. The average Bonchev–Trinajstić information content (AvgIpc) is 3.20. The number of ketones is 1. The van der Waals surface area contributed by atoms with Crippen molar-refractivity contribution in [2.45, 2.75) is 32.2 Å². The first-order valence-electron chi connectivity index (χ1n) is 10.2. The zero-order chi connectivity index (χ0) is 21.3. The number of carbonyl (C=O) groups is 1. The van der Waals surface area contributed by atoms with Gasteiger partial charge in [0, 0.05) is 30.0 Å². The summed E-state index contributed by atoms with van der Waals surface area (Å²) in [6, 6.07) is 8.64. The number of aromatic nitrogens is 2. The molecule has 1 atom stereocenters. The van der Waals surface area contributed by atoms with E-state index in [-0.39, 0.29) is 17.5 Å². The summed E-state index contributed by atoms with van der Waals surface area (Å²) in [6.45, 7) is 1.61. The van der Waals surface area contributed by atoms with E-state index in [1.165, 1.54) is 10.9 Å². The fourth-order valence-electron chi connectivity index (χ4n) is 4.22. The maximum absolute atomic E-state index is 13.6. The van der Waals surface area contributed by atoms with Crippen LogP contribution in [0.2, 0.25) is 5.02 Å². The standard InChI is InChI=1S/C23H25ClFN3OS/c1-27(2)14-16(9-15-5-3-6-17(25)10-15)11-20(29)22-12-18-21(30-22)7-4-8-28-23(18)19(24)13-26-28/h3,5-6,10,12-13,16H,4,7-9,11,14H2,1-2H3/t16-/m1/s1. The molecule has 0 fully saturated rings. The van der Waals surface area contributed by atoms with Crippen molar-refractivity contribution in [2.75, 3.05) is 20.6 Å². The molecule has 0 saturated heterocycles. The highest BCUT2D eigenvalue weighted by atomic mass is 35.5. The van der Waals surface area contributed by atoms with Crippen LogP contribution in [0.1, 0.15) is 33.0 Å². The van der Waals surface area contributed by atoms with E-state index >= 15 is 0 Å². The van der Waals surface area contributed by atoms with Gasteiger partial charge in [-0.15, -0.1) is 11.3 Å². The molecule has 2 aromatic heterocycles. The first-order chi connectivity index (χ1) is 14.4. The van der Waals surface area contributed by atoms with E-state index in [1.54, 1.807) is 29.7 Å². The molecule has 0 bridgehead atoms. The Balaban J connectivity index is 1.56. The third-order valence-corrected chi connectivity index (χ3v) is 6.93. The summed E-state index contributed by atoms with van der Waals surface area (Å²) in [6.07, 6.45) is 4.69. The number of hydrogen-bond acceptors (Lipinski definition) is 4. The zero-order valence-corrected chi connectivity index (χ0v) is 18.8. The minimum absolute atomic E-state index is 0.116. The number of carbonyl (C=O) groups excluding carboxylic acids is 1. The fraction of sp³-hybridized carbons (Fsp3) is 0.391. The lowest BCUT2D eigenvalue weighted by atomic mass is 9.93. The van der Waals surface area contributed by atoms with E-state index in [4.69, 9.17) is 11.6 Å².